The molecule has 17 heavy (non-hydrogen) atoms. The third kappa shape index (κ3) is 2.51. The van der Waals surface area contributed by atoms with Crippen LogP contribution in [0, 0.1) is 11.8 Å². The molecule has 0 saturated carbocycles. The van der Waals surface area contributed by atoms with Crippen molar-refractivity contribution in [3.63, 3.8) is 0 Å². The highest BCUT2D eigenvalue weighted by Crippen LogP contribution is 2.20. The lowest BCUT2D eigenvalue weighted by Gasteiger charge is -2.08. The number of nitrogens with one attached hydrogen (secondary N) is 1. The molecule has 2 rings (SSSR count). The average Bonchev–Trinajstić information content (AvgIpc) is 2.69. The van der Waals surface area contributed by atoms with Crippen molar-refractivity contribution in [3.05, 3.63) is 36.0 Å². The minimum atomic E-state index is 0.897. The van der Waals surface area contributed by atoms with Crippen molar-refractivity contribution in [2.75, 3.05) is 7.05 Å². The van der Waals surface area contributed by atoms with Crippen molar-refractivity contribution < 1.29 is 0 Å². The molecule has 1 N–H and O–H groups in total. The Kier molecular flexibility index (Phi) is 3.85. The molecule has 88 valence electrons. The number of para-hydroxylation sites is 1. The maximum Gasteiger partial charge on any atom is 0.0483 e. The van der Waals surface area contributed by atoms with E-state index in [2.05, 4.69) is 52.1 Å². The summed E-state index contributed by atoms with van der Waals surface area (Å²) in [6, 6.07) is 10.8. The van der Waals surface area contributed by atoms with Gasteiger partial charge in [-0.2, -0.15) is 0 Å². The first-order valence-electron chi connectivity index (χ1n) is 5.98. The summed E-state index contributed by atoms with van der Waals surface area (Å²) in [5.41, 5.74) is 2.63. The molecule has 0 aliphatic carbocycles. The van der Waals surface area contributed by atoms with Gasteiger partial charge < -0.3 is 9.88 Å². The van der Waals surface area contributed by atoms with Gasteiger partial charge in [0, 0.05) is 30.7 Å². The van der Waals surface area contributed by atoms with Crippen molar-refractivity contribution >= 4 is 10.9 Å². The summed E-state index contributed by atoms with van der Waals surface area (Å²) in [7, 11) is 1.98. The molecule has 0 unspecified atom stereocenters. The molecule has 0 spiro atoms. The lowest BCUT2D eigenvalue weighted by molar-refractivity contribution is 0.669. The summed E-state index contributed by atoms with van der Waals surface area (Å²) in [6.45, 7) is 3.75. The monoisotopic (exact) mass is 226 g/mol. The zero-order valence-electron chi connectivity index (χ0n) is 10.5. The third-order valence-corrected chi connectivity index (χ3v) is 2.89. The van der Waals surface area contributed by atoms with E-state index in [0.29, 0.717) is 0 Å². The van der Waals surface area contributed by atoms with Crippen LogP contribution in [0.3, 0.4) is 0 Å². The number of benzene rings is 1. The molecule has 0 bridgehead atoms. The number of hydrogen-bond donors (Lipinski definition) is 1. The normalized spacial score (nSPS) is 10.2. The second-order valence-corrected chi connectivity index (χ2v) is 4.05. The van der Waals surface area contributed by atoms with Crippen molar-refractivity contribution in [1.29, 1.82) is 0 Å². The van der Waals surface area contributed by atoms with Crippen molar-refractivity contribution in [2.45, 2.75) is 26.4 Å². The number of nitrogens with zero attached hydrogens (tertiary/aromatic N) is 1. The number of hydrogen-bond acceptors (Lipinski definition) is 1. The van der Waals surface area contributed by atoms with Crippen LogP contribution in [-0.4, -0.2) is 11.6 Å². The van der Waals surface area contributed by atoms with Crippen LogP contribution in [0.4, 0.5) is 0 Å². The predicted molar refractivity (Wildman–Crippen MR) is 72.8 cm³/mol. The van der Waals surface area contributed by atoms with Crippen LogP contribution in [0.15, 0.2) is 30.3 Å². The molecule has 2 heteroatoms. The van der Waals surface area contributed by atoms with E-state index in [4.69, 9.17) is 0 Å². The Morgan fingerprint density at radius 2 is 2.12 bits per heavy atom. The molecule has 1 aromatic carbocycles. The summed E-state index contributed by atoms with van der Waals surface area (Å²) in [6.07, 6.45) is 0.909. The van der Waals surface area contributed by atoms with E-state index in [0.717, 1.165) is 19.5 Å². The fraction of sp³-hybridized carbons (Fsp3) is 0.333. The summed E-state index contributed by atoms with van der Waals surface area (Å²) >= 11 is 0. The van der Waals surface area contributed by atoms with Crippen LogP contribution in [-0.2, 0) is 13.1 Å². The van der Waals surface area contributed by atoms with Crippen LogP contribution in [0.5, 0.6) is 0 Å². The zero-order valence-corrected chi connectivity index (χ0v) is 10.5. The first-order chi connectivity index (χ1) is 8.36. The summed E-state index contributed by atoms with van der Waals surface area (Å²) in [4.78, 5) is 0. The first-order valence-corrected chi connectivity index (χ1v) is 5.98. The Hall–Kier alpha value is -1.72. The standard InChI is InChI=1S/C15H18N2/c1-3-4-7-10-17-14(12-16-2)11-13-8-5-6-9-15(13)17/h5-6,8-9,11,16H,7,10,12H2,1-2H3. The van der Waals surface area contributed by atoms with E-state index in [1.165, 1.54) is 16.6 Å². The molecule has 0 aliphatic rings. The van der Waals surface area contributed by atoms with Gasteiger partial charge in [0.15, 0.2) is 0 Å². The molecular weight excluding hydrogens is 208 g/mol. The highest BCUT2D eigenvalue weighted by atomic mass is 15.0. The minimum absolute atomic E-state index is 0.897. The topological polar surface area (TPSA) is 17.0 Å². The highest BCUT2D eigenvalue weighted by molar-refractivity contribution is 5.81. The van der Waals surface area contributed by atoms with Crippen LogP contribution in [0.1, 0.15) is 19.0 Å². The van der Waals surface area contributed by atoms with Crippen LogP contribution in [0.2, 0.25) is 0 Å². The molecular formula is C15H18N2. The molecule has 1 heterocycles. The van der Waals surface area contributed by atoms with Gasteiger partial charge in [-0.1, -0.05) is 18.2 Å². The number of rotatable bonds is 4. The smallest absolute Gasteiger partial charge is 0.0483 e. The number of fused-ring (bicyclic) bond motifs is 1. The Morgan fingerprint density at radius 1 is 1.29 bits per heavy atom. The van der Waals surface area contributed by atoms with Crippen molar-refractivity contribution in [2.24, 2.45) is 0 Å². The van der Waals surface area contributed by atoms with Gasteiger partial charge in [0.1, 0.15) is 0 Å². The van der Waals surface area contributed by atoms with E-state index in [9.17, 15) is 0 Å². The van der Waals surface area contributed by atoms with Gasteiger partial charge in [-0.25, -0.2) is 0 Å². The van der Waals surface area contributed by atoms with E-state index in [1.807, 2.05) is 14.0 Å². The van der Waals surface area contributed by atoms with Gasteiger partial charge in [0.25, 0.3) is 0 Å². The number of aromatic nitrogens is 1. The molecule has 0 radical (unpaired) electrons. The van der Waals surface area contributed by atoms with Gasteiger partial charge in [0.2, 0.25) is 0 Å². The van der Waals surface area contributed by atoms with Gasteiger partial charge >= 0.3 is 0 Å². The molecule has 0 atom stereocenters. The molecule has 0 fully saturated rings. The Balaban J connectivity index is 2.39. The fourth-order valence-corrected chi connectivity index (χ4v) is 2.15. The quantitative estimate of drug-likeness (QED) is 0.793. The van der Waals surface area contributed by atoms with Crippen LogP contribution in [0.25, 0.3) is 10.9 Å². The maximum atomic E-state index is 3.22. The van der Waals surface area contributed by atoms with Gasteiger partial charge in [-0.05, 0) is 31.5 Å². The average molecular weight is 226 g/mol. The van der Waals surface area contributed by atoms with Crippen molar-refractivity contribution in [1.82, 2.24) is 9.88 Å². The highest BCUT2D eigenvalue weighted by Gasteiger charge is 2.06. The van der Waals surface area contributed by atoms with Crippen LogP contribution >= 0.6 is 0 Å². The zero-order chi connectivity index (χ0) is 12.1. The molecule has 0 aliphatic heterocycles. The molecule has 0 amide bonds. The molecule has 2 nitrogen and oxygen atoms in total. The summed E-state index contributed by atoms with van der Waals surface area (Å²) < 4.78 is 2.36. The number of aryl methyl sites for hydroxylation is 1. The van der Waals surface area contributed by atoms with E-state index in [1.54, 1.807) is 0 Å². The molecule has 1 aromatic heterocycles. The minimum Gasteiger partial charge on any atom is -0.342 e. The third-order valence-electron chi connectivity index (χ3n) is 2.89. The first kappa shape index (κ1) is 11.8. The Bertz CT molecular complexity index is 555. The predicted octanol–water partition coefficient (Wildman–Crippen LogP) is 2.77. The largest absolute Gasteiger partial charge is 0.342 e. The Morgan fingerprint density at radius 3 is 2.88 bits per heavy atom. The molecule has 0 saturated heterocycles. The van der Waals surface area contributed by atoms with Crippen molar-refractivity contribution in [3.8, 4) is 11.8 Å². The lowest BCUT2D eigenvalue weighted by Crippen LogP contribution is -2.11. The van der Waals surface area contributed by atoms with Gasteiger partial charge in [-0.15, -0.1) is 11.8 Å². The van der Waals surface area contributed by atoms with Gasteiger partial charge in [-0.3, -0.25) is 0 Å². The second-order valence-electron chi connectivity index (χ2n) is 4.05. The lowest BCUT2D eigenvalue weighted by atomic mass is 10.2. The van der Waals surface area contributed by atoms with E-state index >= 15 is 0 Å². The fourth-order valence-electron chi connectivity index (χ4n) is 2.15. The van der Waals surface area contributed by atoms with E-state index in [-0.39, 0.29) is 0 Å². The molecule has 2 aromatic rings. The van der Waals surface area contributed by atoms with E-state index < -0.39 is 0 Å². The second kappa shape index (κ2) is 5.56. The van der Waals surface area contributed by atoms with Gasteiger partial charge in [0.05, 0.1) is 0 Å². The Labute approximate surface area is 103 Å². The summed E-state index contributed by atoms with van der Waals surface area (Å²) in [5.74, 6) is 6.08. The SMILES string of the molecule is CC#CCCn1c(CNC)cc2ccccc21. The van der Waals surface area contributed by atoms with Crippen LogP contribution < -0.4 is 5.32 Å². The summed E-state index contributed by atoms with van der Waals surface area (Å²) in [5, 5.41) is 4.53. The maximum absolute atomic E-state index is 3.22.